The van der Waals surface area contributed by atoms with Crippen LogP contribution in [0.3, 0.4) is 0 Å². The van der Waals surface area contributed by atoms with Crippen LogP contribution in [0.25, 0.3) is 0 Å². The summed E-state index contributed by atoms with van der Waals surface area (Å²) < 4.78 is 4.91. The highest BCUT2D eigenvalue weighted by Crippen LogP contribution is 2.20. The topological polar surface area (TPSA) is 29.5 Å². The van der Waals surface area contributed by atoms with Crippen molar-refractivity contribution in [2.24, 2.45) is 5.92 Å². The standard InChI is InChI=1S/C6H12O2/c1-2-5-3-4-8-6(5)7/h5-7H,2-4H2,1H3/t5?,6-/m1/s1. The number of aliphatic hydroxyl groups is 1. The molecule has 0 aliphatic carbocycles. The van der Waals surface area contributed by atoms with Crippen LogP contribution in [0.15, 0.2) is 0 Å². The lowest BCUT2D eigenvalue weighted by Crippen LogP contribution is -2.12. The summed E-state index contributed by atoms with van der Waals surface area (Å²) in [5.74, 6) is 0.398. The first-order valence-electron chi connectivity index (χ1n) is 3.14. The van der Waals surface area contributed by atoms with Crippen LogP contribution in [0.5, 0.6) is 0 Å². The Labute approximate surface area is 49.5 Å². The molecule has 0 aromatic heterocycles. The molecule has 48 valence electrons. The van der Waals surface area contributed by atoms with Gasteiger partial charge in [-0.15, -0.1) is 0 Å². The zero-order valence-electron chi connectivity index (χ0n) is 5.13. The van der Waals surface area contributed by atoms with E-state index in [1.807, 2.05) is 0 Å². The fourth-order valence-electron chi connectivity index (χ4n) is 1.02. The van der Waals surface area contributed by atoms with E-state index in [2.05, 4.69) is 6.92 Å². The van der Waals surface area contributed by atoms with E-state index in [1.54, 1.807) is 0 Å². The molecule has 1 fully saturated rings. The summed E-state index contributed by atoms with van der Waals surface area (Å²) in [6.45, 7) is 2.81. The summed E-state index contributed by atoms with van der Waals surface area (Å²) in [5.41, 5.74) is 0. The number of aliphatic hydroxyl groups excluding tert-OH is 1. The van der Waals surface area contributed by atoms with Crippen LogP contribution in [-0.2, 0) is 4.74 Å². The van der Waals surface area contributed by atoms with E-state index in [0.29, 0.717) is 5.92 Å². The Morgan fingerprint density at radius 1 is 1.75 bits per heavy atom. The van der Waals surface area contributed by atoms with Gasteiger partial charge in [0.05, 0.1) is 6.61 Å². The predicted molar refractivity (Wildman–Crippen MR) is 30.4 cm³/mol. The van der Waals surface area contributed by atoms with Gasteiger partial charge in [-0.1, -0.05) is 6.92 Å². The Bertz CT molecular complexity index is 72.9. The van der Waals surface area contributed by atoms with Gasteiger partial charge in [0, 0.05) is 5.92 Å². The highest BCUT2D eigenvalue weighted by atomic mass is 16.6. The summed E-state index contributed by atoms with van der Waals surface area (Å²) in [6.07, 6.45) is 1.58. The van der Waals surface area contributed by atoms with Crippen LogP contribution in [0.1, 0.15) is 19.8 Å². The largest absolute Gasteiger partial charge is 0.368 e. The van der Waals surface area contributed by atoms with Crippen molar-refractivity contribution >= 4 is 0 Å². The fraction of sp³-hybridized carbons (Fsp3) is 1.00. The van der Waals surface area contributed by atoms with Gasteiger partial charge in [0.1, 0.15) is 0 Å². The minimum atomic E-state index is -0.472. The van der Waals surface area contributed by atoms with Crippen LogP contribution < -0.4 is 0 Å². The van der Waals surface area contributed by atoms with Crippen LogP contribution in [0.2, 0.25) is 0 Å². The molecule has 0 saturated carbocycles. The average Bonchev–Trinajstić information content (AvgIpc) is 2.14. The molecule has 8 heavy (non-hydrogen) atoms. The average molecular weight is 116 g/mol. The second kappa shape index (κ2) is 2.46. The monoisotopic (exact) mass is 116 g/mol. The predicted octanol–water partition coefficient (Wildman–Crippen LogP) is 0.751. The lowest BCUT2D eigenvalue weighted by Gasteiger charge is -2.07. The molecule has 0 bridgehead atoms. The SMILES string of the molecule is CCC1CCO[C@H]1O. The summed E-state index contributed by atoms with van der Waals surface area (Å²) >= 11 is 0. The van der Waals surface area contributed by atoms with Crippen molar-refractivity contribution in [3.63, 3.8) is 0 Å². The van der Waals surface area contributed by atoms with Crippen molar-refractivity contribution in [2.45, 2.75) is 26.1 Å². The molecule has 0 spiro atoms. The van der Waals surface area contributed by atoms with E-state index >= 15 is 0 Å². The van der Waals surface area contributed by atoms with Gasteiger partial charge in [-0.3, -0.25) is 0 Å². The summed E-state index contributed by atoms with van der Waals surface area (Å²) in [6, 6.07) is 0. The molecule has 1 rings (SSSR count). The van der Waals surface area contributed by atoms with Crippen LogP contribution in [0.4, 0.5) is 0 Å². The summed E-state index contributed by atoms with van der Waals surface area (Å²) in [5, 5.41) is 8.97. The maximum absolute atomic E-state index is 8.97. The second-order valence-electron chi connectivity index (χ2n) is 2.22. The highest BCUT2D eigenvalue weighted by Gasteiger charge is 2.23. The third-order valence-corrected chi connectivity index (χ3v) is 1.70. The molecular formula is C6H12O2. The van der Waals surface area contributed by atoms with Gasteiger partial charge in [0.2, 0.25) is 0 Å². The van der Waals surface area contributed by atoms with Gasteiger partial charge < -0.3 is 9.84 Å². The molecule has 0 aromatic carbocycles. The second-order valence-corrected chi connectivity index (χ2v) is 2.22. The molecule has 2 heteroatoms. The first-order chi connectivity index (χ1) is 3.84. The van der Waals surface area contributed by atoms with Gasteiger partial charge in [-0.25, -0.2) is 0 Å². The first kappa shape index (κ1) is 6.05. The zero-order chi connectivity index (χ0) is 5.98. The van der Waals surface area contributed by atoms with E-state index in [4.69, 9.17) is 9.84 Å². The molecule has 1 aliphatic heterocycles. The number of hydrogen-bond donors (Lipinski definition) is 1. The molecule has 1 aliphatic rings. The van der Waals surface area contributed by atoms with Crippen molar-refractivity contribution in [1.29, 1.82) is 0 Å². The maximum Gasteiger partial charge on any atom is 0.157 e. The summed E-state index contributed by atoms with van der Waals surface area (Å²) in [4.78, 5) is 0. The Morgan fingerprint density at radius 3 is 2.75 bits per heavy atom. The molecule has 1 unspecified atom stereocenters. The Hall–Kier alpha value is -0.0800. The zero-order valence-corrected chi connectivity index (χ0v) is 5.13. The van der Waals surface area contributed by atoms with Crippen molar-refractivity contribution in [3.05, 3.63) is 0 Å². The van der Waals surface area contributed by atoms with Crippen LogP contribution >= 0.6 is 0 Å². The van der Waals surface area contributed by atoms with E-state index in [-0.39, 0.29) is 0 Å². The Morgan fingerprint density at radius 2 is 2.50 bits per heavy atom. The third-order valence-electron chi connectivity index (χ3n) is 1.70. The molecule has 1 heterocycles. The minimum absolute atomic E-state index is 0.398. The van der Waals surface area contributed by atoms with Gasteiger partial charge in [0.15, 0.2) is 6.29 Å². The maximum atomic E-state index is 8.97. The van der Waals surface area contributed by atoms with E-state index in [0.717, 1.165) is 19.4 Å². The molecule has 1 N–H and O–H groups in total. The Balaban J connectivity index is 2.30. The molecule has 0 amide bonds. The van der Waals surface area contributed by atoms with Gasteiger partial charge in [-0.2, -0.15) is 0 Å². The number of rotatable bonds is 1. The molecule has 2 nitrogen and oxygen atoms in total. The molecule has 1 saturated heterocycles. The quantitative estimate of drug-likeness (QED) is 0.547. The lowest BCUT2D eigenvalue weighted by molar-refractivity contribution is -0.0825. The van der Waals surface area contributed by atoms with Gasteiger partial charge >= 0.3 is 0 Å². The molecule has 0 aromatic rings. The molecule has 2 atom stereocenters. The van der Waals surface area contributed by atoms with Gasteiger partial charge in [-0.05, 0) is 12.8 Å². The first-order valence-corrected chi connectivity index (χ1v) is 3.14. The van der Waals surface area contributed by atoms with Crippen molar-refractivity contribution in [3.8, 4) is 0 Å². The van der Waals surface area contributed by atoms with Crippen LogP contribution in [0, 0.1) is 5.92 Å². The van der Waals surface area contributed by atoms with E-state index < -0.39 is 6.29 Å². The Kier molecular flexibility index (Phi) is 1.86. The fourth-order valence-corrected chi connectivity index (χ4v) is 1.02. The smallest absolute Gasteiger partial charge is 0.157 e. The highest BCUT2D eigenvalue weighted by molar-refractivity contribution is 4.65. The number of hydrogen-bond acceptors (Lipinski definition) is 2. The molecule has 0 radical (unpaired) electrons. The summed E-state index contributed by atoms with van der Waals surface area (Å²) in [7, 11) is 0. The minimum Gasteiger partial charge on any atom is -0.368 e. The lowest BCUT2D eigenvalue weighted by atomic mass is 10.1. The van der Waals surface area contributed by atoms with E-state index in [9.17, 15) is 0 Å². The van der Waals surface area contributed by atoms with Crippen LogP contribution in [-0.4, -0.2) is 18.0 Å². The van der Waals surface area contributed by atoms with Crippen molar-refractivity contribution in [2.75, 3.05) is 6.61 Å². The number of ether oxygens (including phenoxy) is 1. The van der Waals surface area contributed by atoms with Crippen molar-refractivity contribution in [1.82, 2.24) is 0 Å². The van der Waals surface area contributed by atoms with Crippen molar-refractivity contribution < 1.29 is 9.84 Å². The van der Waals surface area contributed by atoms with Gasteiger partial charge in [0.25, 0.3) is 0 Å². The molecular weight excluding hydrogens is 104 g/mol. The normalized spacial score (nSPS) is 38.2. The van der Waals surface area contributed by atoms with E-state index in [1.165, 1.54) is 0 Å². The third kappa shape index (κ3) is 1.01.